The Morgan fingerprint density at radius 2 is 1.82 bits per heavy atom. The highest BCUT2D eigenvalue weighted by atomic mass is 32.2. The third kappa shape index (κ3) is 3.37. The predicted molar refractivity (Wildman–Crippen MR) is 76.6 cm³/mol. The van der Waals surface area contributed by atoms with Crippen molar-refractivity contribution < 1.29 is 4.79 Å². The molecule has 0 heterocycles. The number of rotatable bonds is 4. The van der Waals surface area contributed by atoms with Gasteiger partial charge in [0.1, 0.15) is 11.0 Å². The molecule has 0 aromatic carbocycles. The van der Waals surface area contributed by atoms with Gasteiger partial charge >= 0.3 is 0 Å². The van der Waals surface area contributed by atoms with E-state index in [4.69, 9.17) is 0 Å². The van der Waals surface area contributed by atoms with Crippen molar-refractivity contribution in [1.29, 1.82) is 0 Å². The van der Waals surface area contributed by atoms with Crippen LogP contribution in [0.4, 0.5) is 0 Å². The topological polar surface area (TPSA) is 17.1 Å². The minimum Gasteiger partial charge on any atom is -0.294 e. The summed E-state index contributed by atoms with van der Waals surface area (Å²) in [5, 5.41) is 1.22. The molecule has 0 N–H and O–H groups in total. The van der Waals surface area contributed by atoms with Gasteiger partial charge in [0.05, 0.1) is 0 Å². The molecule has 17 heavy (non-hydrogen) atoms. The molecular weight excluding hydrogens is 228 g/mol. The maximum Gasteiger partial charge on any atom is 0.184 e. The van der Waals surface area contributed by atoms with E-state index in [0.717, 1.165) is 30.3 Å². The van der Waals surface area contributed by atoms with Gasteiger partial charge in [0.15, 0.2) is 11.0 Å². The molecule has 0 saturated heterocycles. The lowest BCUT2D eigenvalue weighted by atomic mass is 9.99. The number of hydrogen-bond donors (Lipinski definition) is 0. The Bertz CT molecular complexity index is 268. The van der Waals surface area contributed by atoms with E-state index in [1.54, 1.807) is 0 Å². The van der Waals surface area contributed by atoms with Crippen molar-refractivity contribution in [3.63, 3.8) is 0 Å². The van der Waals surface area contributed by atoms with E-state index in [0.29, 0.717) is 21.9 Å². The van der Waals surface area contributed by atoms with Crippen LogP contribution in [-0.4, -0.2) is 22.0 Å². The smallest absolute Gasteiger partial charge is 0.184 e. The summed E-state index contributed by atoms with van der Waals surface area (Å²) in [7, 11) is 0.305. The van der Waals surface area contributed by atoms with Gasteiger partial charge in [-0.1, -0.05) is 13.0 Å². The monoisotopic (exact) mass is 253 g/mol. The van der Waals surface area contributed by atoms with Gasteiger partial charge in [-0.2, -0.15) is 0 Å². The van der Waals surface area contributed by atoms with Crippen molar-refractivity contribution >= 4 is 16.7 Å². The highest BCUT2D eigenvalue weighted by molar-refractivity contribution is 7.98. The maximum atomic E-state index is 12.1. The summed E-state index contributed by atoms with van der Waals surface area (Å²) in [5.74, 6) is 1.65. The van der Waals surface area contributed by atoms with Gasteiger partial charge < -0.3 is 0 Å². The summed E-state index contributed by atoms with van der Waals surface area (Å²) < 4.78 is 0. The van der Waals surface area contributed by atoms with Crippen LogP contribution in [0.25, 0.3) is 0 Å². The zero-order valence-corrected chi connectivity index (χ0v) is 11.6. The molecule has 0 radical (unpaired) electrons. The van der Waals surface area contributed by atoms with Gasteiger partial charge in [0.2, 0.25) is 0 Å². The standard InChI is InChI=1S/C15H25OS/c1-2-12-17(13-8-4-3-5-9-13)15-11-7-6-10-14(15)16/h2,13,15H,1,3-12H2/q+1. The minimum atomic E-state index is 0.305. The van der Waals surface area contributed by atoms with Crippen LogP contribution in [0.2, 0.25) is 0 Å². The summed E-state index contributed by atoms with van der Waals surface area (Å²) >= 11 is 0. The maximum absolute atomic E-state index is 12.1. The molecule has 2 rings (SSSR count). The van der Waals surface area contributed by atoms with E-state index in [-0.39, 0.29) is 0 Å². The van der Waals surface area contributed by atoms with Gasteiger partial charge in [-0.25, -0.2) is 0 Å². The lowest BCUT2D eigenvalue weighted by Gasteiger charge is -2.29. The lowest BCUT2D eigenvalue weighted by molar-refractivity contribution is -0.119. The normalized spacial score (nSPS) is 28.9. The molecule has 2 heteroatoms. The first-order chi connectivity index (χ1) is 8.33. The first-order valence-corrected chi connectivity index (χ1v) is 8.67. The molecule has 2 fully saturated rings. The van der Waals surface area contributed by atoms with Crippen LogP contribution in [0.1, 0.15) is 57.8 Å². The second-order valence-corrected chi connectivity index (χ2v) is 7.89. The quantitative estimate of drug-likeness (QED) is 0.552. The van der Waals surface area contributed by atoms with Crippen LogP contribution in [-0.2, 0) is 15.7 Å². The van der Waals surface area contributed by atoms with Gasteiger partial charge in [-0.05, 0) is 44.6 Å². The highest BCUT2D eigenvalue weighted by Crippen LogP contribution is 2.32. The van der Waals surface area contributed by atoms with Crippen LogP contribution >= 0.6 is 0 Å². The zero-order valence-electron chi connectivity index (χ0n) is 10.8. The average Bonchev–Trinajstić information content (AvgIpc) is 2.38. The van der Waals surface area contributed by atoms with Crippen LogP contribution in [0.15, 0.2) is 12.7 Å². The number of Topliss-reactive ketones (excluding diaryl/α,β-unsaturated/α-hetero) is 1. The van der Waals surface area contributed by atoms with Crippen LogP contribution < -0.4 is 0 Å². The Hall–Kier alpha value is -0.240. The van der Waals surface area contributed by atoms with Crippen LogP contribution in [0.3, 0.4) is 0 Å². The first kappa shape index (κ1) is 13.2. The van der Waals surface area contributed by atoms with Gasteiger partial charge in [-0.15, -0.1) is 0 Å². The van der Waals surface area contributed by atoms with Crippen molar-refractivity contribution in [2.45, 2.75) is 68.3 Å². The third-order valence-electron chi connectivity index (χ3n) is 4.15. The van der Waals surface area contributed by atoms with E-state index in [1.807, 2.05) is 0 Å². The molecule has 0 amide bonds. The SMILES string of the molecule is C=CC[S+](C1CCCCC1)C1CCCCC1=O. The summed E-state index contributed by atoms with van der Waals surface area (Å²) in [6, 6.07) is 0. The number of ketones is 1. The number of carbonyl (C=O) groups is 1. The van der Waals surface area contributed by atoms with Crippen molar-refractivity contribution in [3.05, 3.63) is 12.7 Å². The predicted octanol–water partition coefficient (Wildman–Crippen LogP) is 3.64. The molecular formula is C15H25OS+. The fourth-order valence-corrected chi connectivity index (χ4v) is 6.36. The molecule has 2 saturated carbocycles. The van der Waals surface area contributed by atoms with Crippen LogP contribution in [0.5, 0.6) is 0 Å². The van der Waals surface area contributed by atoms with E-state index < -0.39 is 0 Å². The number of carbonyl (C=O) groups excluding carboxylic acids is 1. The van der Waals surface area contributed by atoms with Gasteiger partial charge in [-0.3, -0.25) is 4.79 Å². The van der Waals surface area contributed by atoms with Gasteiger partial charge in [0.25, 0.3) is 0 Å². The Balaban J connectivity index is 2.03. The molecule has 2 unspecified atom stereocenters. The fourth-order valence-electron chi connectivity index (χ4n) is 3.26. The summed E-state index contributed by atoms with van der Waals surface area (Å²) in [5.41, 5.74) is 0. The lowest BCUT2D eigenvalue weighted by Crippen LogP contribution is -2.41. The summed E-state index contributed by atoms with van der Waals surface area (Å²) in [6.45, 7) is 3.91. The molecule has 0 aromatic rings. The number of hydrogen-bond acceptors (Lipinski definition) is 1. The average molecular weight is 253 g/mol. The highest BCUT2D eigenvalue weighted by Gasteiger charge is 2.42. The molecule has 0 aliphatic heterocycles. The Morgan fingerprint density at radius 1 is 1.12 bits per heavy atom. The van der Waals surface area contributed by atoms with E-state index >= 15 is 0 Å². The third-order valence-corrected chi connectivity index (χ3v) is 7.33. The van der Waals surface area contributed by atoms with Crippen molar-refractivity contribution in [2.75, 3.05) is 5.75 Å². The largest absolute Gasteiger partial charge is 0.294 e. The molecule has 0 bridgehead atoms. The first-order valence-electron chi connectivity index (χ1n) is 7.15. The summed E-state index contributed by atoms with van der Waals surface area (Å²) in [6.07, 6.45) is 13.3. The van der Waals surface area contributed by atoms with Crippen molar-refractivity contribution in [2.24, 2.45) is 0 Å². The van der Waals surface area contributed by atoms with Crippen molar-refractivity contribution in [1.82, 2.24) is 0 Å². The van der Waals surface area contributed by atoms with Crippen LogP contribution in [0, 0.1) is 0 Å². The molecule has 2 atom stereocenters. The Morgan fingerprint density at radius 3 is 2.47 bits per heavy atom. The van der Waals surface area contributed by atoms with Gasteiger partial charge in [0, 0.05) is 23.7 Å². The minimum absolute atomic E-state index is 0.305. The van der Waals surface area contributed by atoms with E-state index in [2.05, 4.69) is 12.7 Å². The fraction of sp³-hybridized carbons (Fsp3) is 0.800. The molecule has 2 aliphatic carbocycles. The molecule has 0 aromatic heterocycles. The second kappa shape index (κ2) is 6.63. The Kier molecular flexibility index (Phi) is 5.15. The molecule has 1 nitrogen and oxygen atoms in total. The van der Waals surface area contributed by atoms with E-state index in [1.165, 1.54) is 38.5 Å². The zero-order chi connectivity index (χ0) is 12.1. The molecule has 0 spiro atoms. The van der Waals surface area contributed by atoms with E-state index in [9.17, 15) is 4.79 Å². The second-order valence-electron chi connectivity index (χ2n) is 5.39. The Labute approximate surface area is 108 Å². The molecule has 96 valence electrons. The summed E-state index contributed by atoms with van der Waals surface area (Å²) in [4.78, 5) is 12.1. The molecule has 2 aliphatic rings. The van der Waals surface area contributed by atoms with Crippen molar-refractivity contribution in [3.8, 4) is 0 Å².